The quantitative estimate of drug-likeness (QED) is 0.829. The van der Waals surface area contributed by atoms with Crippen molar-refractivity contribution in [3.05, 3.63) is 22.4 Å². The van der Waals surface area contributed by atoms with Crippen molar-refractivity contribution in [2.24, 2.45) is 0 Å². The van der Waals surface area contributed by atoms with Crippen molar-refractivity contribution < 1.29 is 5.11 Å². The minimum Gasteiger partial charge on any atom is -0.392 e. The number of thiophene rings is 1. The predicted molar refractivity (Wildman–Crippen MR) is 64.1 cm³/mol. The van der Waals surface area contributed by atoms with Gasteiger partial charge < -0.3 is 10.4 Å². The number of aliphatic hydroxyl groups is 1. The van der Waals surface area contributed by atoms with Gasteiger partial charge in [-0.15, -0.1) is 0 Å². The van der Waals surface area contributed by atoms with Crippen LogP contribution in [0.5, 0.6) is 0 Å². The molecular formula is C12H19NOS. The van der Waals surface area contributed by atoms with Crippen LogP contribution in [-0.4, -0.2) is 17.3 Å². The number of hydrogen-bond donors (Lipinski definition) is 2. The first kappa shape index (κ1) is 11.1. The Morgan fingerprint density at radius 2 is 2.27 bits per heavy atom. The minimum absolute atomic E-state index is 0.153. The summed E-state index contributed by atoms with van der Waals surface area (Å²) in [4.78, 5) is 0. The van der Waals surface area contributed by atoms with Crippen LogP contribution in [-0.2, 0) is 0 Å². The van der Waals surface area contributed by atoms with Crippen LogP contribution in [0.4, 0.5) is 0 Å². The lowest BCUT2D eigenvalue weighted by atomic mass is 9.92. The van der Waals surface area contributed by atoms with Gasteiger partial charge in [0.25, 0.3) is 0 Å². The van der Waals surface area contributed by atoms with Crippen molar-refractivity contribution in [3.8, 4) is 0 Å². The largest absolute Gasteiger partial charge is 0.392 e. The van der Waals surface area contributed by atoms with Crippen molar-refractivity contribution in [2.45, 2.75) is 50.8 Å². The van der Waals surface area contributed by atoms with Crippen LogP contribution in [0.15, 0.2) is 16.8 Å². The van der Waals surface area contributed by atoms with Crippen molar-refractivity contribution in [1.82, 2.24) is 5.32 Å². The standard InChI is InChI=1S/C12H19NOS/c1-9(10-6-7-15-8-10)13-11-4-2-3-5-12(11)14/h6-9,11-14H,2-5H2,1H3/t9?,11-,12-/m1/s1. The highest BCUT2D eigenvalue weighted by molar-refractivity contribution is 7.07. The van der Waals surface area contributed by atoms with Gasteiger partial charge in [0.05, 0.1) is 6.10 Å². The Balaban J connectivity index is 1.90. The highest BCUT2D eigenvalue weighted by Gasteiger charge is 2.24. The van der Waals surface area contributed by atoms with E-state index in [0.29, 0.717) is 6.04 Å². The summed E-state index contributed by atoms with van der Waals surface area (Å²) in [6, 6.07) is 2.79. The van der Waals surface area contributed by atoms with Crippen LogP contribution in [0.1, 0.15) is 44.2 Å². The molecule has 0 radical (unpaired) electrons. The first-order chi connectivity index (χ1) is 7.27. The summed E-state index contributed by atoms with van der Waals surface area (Å²) in [5.41, 5.74) is 1.33. The van der Waals surface area contributed by atoms with Gasteiger partial charge in [-0.2, -0.15) is 11.3 Å². The highest BCUT2D eigenvalue weighted by atomic mass is 32.1. The molecule has 0 spiro atoms. The smallest absolute Gasteiger partial charge is 0.0693 e. The summed E-state index contributed by atoms with van der Waals surface area (Å²) in [6.07, 6.45) is 4.32. The summed E-state index contributed by atoms with van der Waals surface area (Å²) < 4.78 is 0. The third-order valence-corrected chi connectivity index (χ3v) is 3.94. The Hall–Kier alpha value is -0.380. The zero-order chi connectivity index (χ0) is 10.7. The average Bonchev–Trinajstić information content (AvgIpc) is 2.74. The molecule has 1 fully saturated rings. The molecule has 0 saturated heterocycles. The van der Waals surface area contributed by atoms with Crippen LogP contribution >= 0.6 is 11.3 Å². The Bertz CT molecular complexity index is 286. The van der Waals surface area contributed by atoms with Gasteiger partial charge in [-0.3, -0.25) is 0 Å². The summed E-state index contributed by atoms with van der Waals surface area (Å²) in [5, 5.41) is 17.7. The van der Waals surface area contributed by atoms with Crippen LogP contribution in [0.3, 0.4) is 0 Å². The summed E-state index contributed by atoms with van der Waals surface area (Å²) in [7, 11) is 0. The summed E-state index contributed by atoms with van der Waals surface area (Å²) in [5.74, 6) is 0. The topological polar surface area (TPSA) is 32.3 Å². The van der Waals surface area contributed by atoms with E-state index in [9.17, 15) is 5.11 Å². The van der Waals surface area contributed by atoms with Crippen LogP contribution in [0.25, 0.3) is 0 Å². The maximum Gasteiger partial charge on any atom is 0.0693 e. The van der Waals surface area contributed by atoms with Crippen LogP contribution in [0, 0.1) is 0 Å². The Kier molecular flexibility index (Phi) is 3.78. The van der Waals surface area contributed by atoms with E-state index in [2.05, 4.69) is 29.1 Å². The van der Waals surface area contributed by atoms with E-state index in [1.807, 2.05) is 0 Å². The van der Waals surface area contributed by atoms with Gasteiger partial charge in [-0.05, 0) is 42.2 Å². The maximum atomic E-state index is 9.86. The van der Waals surface area contributed by atoms with E-state index in [4.69, 9.17) is 0 Å². The molecule has 1 aliphatic rings. The lowest BCUT2D eigenvalue weighted by Crippen LogP contribution is -2.43. The number of hydrogen-bond acceptors (Lipinski definition) is 3. The second-order valence-corrected chi connectivity index (χ2v) is 5.18. The molecule has 15 heavy (non-hydrogen) atoms. The summed E-state index contributed by atoms with van der Waals surface area (Å²) in [6.45, 7) is 2.17. The molecule has 1 saturated carbocycles. The van der Waals surface area contributed by atoms with Gasteiger partial charge in [0, 0.05) is 12.1 Å². The van der Waals surface area contributed by atoms with E-state index < -0.39 is 0 Å². The predicted octanol–water partition coefficient (Wildman–Crippen LogP) is 2.70. The van der Waals surface area contributed by atoms with Gasteiger partial charge in [0.1, 0.15) is 0 Å². The van der Waals surface area contributed by atoms with Crippen molar-refractivity contribution >= 4 is 11.3 Å². The second-order valence-electron chi connectivity index (χ2n) is 4.40. The Morgan fingerprint density at radius 1 is 1.47 bits per heavy atom. The zero-order valence-corrected chi connectivity index (χ0v) is 9.96. The molecule has 1 aromatic heterocycles. The fourth-order valence-electron chi connectivity index (χ4n) is 2.24. The van der Waals surface area contributed by atoms with E-state index in [0.717, 1.165) is 12.8 Å². The SMILES string of the molecule is CC(N[C@@H]1CCCC[C@H]1O)c1ccsc1. The third kappa shape index (κ3) is 2.80. The van der Waals surface area contributed by atoms with E-state index in [-0.39, 0.29) is 12.1 Å². The molecule has 1 aromatic rings. The fourth-order valence-corrected chi connectivity index (χ4v) is 3.00. The monoisotopic (exact) mass is 225 g/mol. The highest BCUT2D eigenvalue weighted by Crippen LogP contribution is 2.22. The fraction of sp³-hybridized carbons (Fsp3) is 0.667. The second kappa shape index (κ2) is 5.10. The third-order valence-electron chi connectivity index (χ3n) is 3.24. The van der Waals surface area contributed by atoms with Crippen LogP contribution in [0.2, 0.25) is 0 Å². The first-order valence-electron chi connectivity index (χ1n) is 5.73. The number of nitrogens with one attached hydrogen (secondary N) is 1. The van der Waals surface area contributed by atoms with Crippen molar-refractivity contribution in [3.63, 3.8) is 0 Å². The molecule has 1 heterocycles. The average molecular weight is 225 g/mol. The normalized spacial score (nSPS) is 28.9. The number of aliphatic hydroxyl groups excluding tert-OH is 1. The van der Waals surface area contributed by atoms with Gasteiger partial charge >= 0.3 is 0 Å². The maximum absolute atomic E-state index is 9.86. The van der Waals surface area contributed by atoms with E-state index >= 15 is 0 Å². The molecule has 0 amide bonds. The van der Waals surface area contributed by atoms with E-state index in [1.54, 1.807) is 11.3 Å². The van der Waals surface area contributed by atoms with Crippen LogP contribution < -0.4 is 5.32 Å². The lowest BCUT2D eigenvalue weighted by Gasteiger charge is -2.31. The molecule has 2 nitrogen and oxygen atoms in total. The van der Waals surface area contributed by atoms with Gasteiger partial charge in [0.2, 0.25) is 0 Å². The van der Waals surface area contributed by atoms with Gasteiger partial charge in [-0.25, -0.2) is 0 Å². The molecule has 2 N–H and O–H groups in total. The molecule has 84 valence electrons. The first-order valence-corrected chi connectivity index (χ1v) is 6.68. The molecule has 3 heteroatoms. The van der Waals surface area contributed by atoms with Gasteiger partial charge in [0.15, 0.2) is 0 Å². The molecule has 0 bridgehead atoms. The molecule has 3 atom stereocenters. The molecule has 1 unspecified atom stereocenters. The van der Waals surface area contributed by atoms with Gasteiger partial charge in [-0.1, -0.05) is 12.8 Å². The molecule has 2 rings (SSSR count). The minimum atomic E-state index is -0.153. The zero-order valence-electron chi connectivity index (χ0n) is 9.15. The lowest BCUT2D eigenvalue weighted by molar-refractivity contribution is 0.0860. The summed E-state index contributed by atoms with van der Waals surface area (Å²) >= 11 is 1.73. The Morgan fingerprint density at radius 3 is 2.93 bits per heavy atom. The Labute approximate surface area is 95.3 Å². The molecule has 0 aliphatic heterocycles. The number of rotatable bonds is 3. The molecule has 0 aromatic carbocycles. The van der Waals surface area contributed by atoms with Crippen molar-refractivity contribution in [2.75, 3.05) is 0 Å². The molecular weight excluding hydrogens is 206 g/mol. The molecule has 1 aliphatic carbocycles. The van der Waals surface area contributed by atoms with E-state index in [1.165, 1.54) is 18.4 Å². The van der Waals surface area contributed by atoms with Crippen molar-refractivity contribution in [1.29, 1.82) is 0 Å².